The summed E-state index contributed by atoms with van der Waals surface area (Å²) < 4.78 is 0.783. The van der Waals surface area contributed by atoms with Crippen molar-refractivity contribution in [2.45, 2.75) is 25.3 Å². The molecule has 1 fully saturated rings. The number of ketones is 1. The molecule has 1 aliphatic carbocycles. The number of nitriles is 1. The Morgan fingerprint density at radius 2 is 2.15 bits per heavy atom. The highest BCUT2D eigenvalue weighted by Crippen LogP contribution is 2.40. The van der Waals surface area contributed by atoms with E-state index in [0.717, 1.165) is 23.0 Å². The van der Waals surface area contributed by atoms with Gasteiger partial charge in [0.05, 0.1) is 29.4 Å². The number of carbonyl (C=O) groups is 2. The molecule has 0 aromatic heterocycles. The Morgan fingerprint density at radius 3 is 2.80 bits per heavy atom. The van der Waals surface area contributed by atoms with Crippen molar-refractivity contribution in [2.24, 2.45) is 0 Å². The van der Waals surface area contributed by atoms with Gasteiger partial charge in [-0.15, -0.1) is 0 Å². The number of benzene rings is 1. The monoisotopic (exact) mass is 333 g/mol. The highest BCUT2D eigenvalue weighted by molar-refractivity contribution is 9.10. The van der Waals surface area contributed by atoms with Gasteiger partial charge in [0.1, 0.15) is 0 Å². The Bertz CT molecular complexity index is 647. The minimum Gasteiger partial charge on any atom is -0.367 e. The SMILES string of the molecule is N#CCCN(c1cc2c(cc1Br)C(=O)C(=O)N2)C1CC1. The molecule has 1 N–H and O–H groups in total. The van der Waals surface area contributed by atoms with Gasteiger partial charge < -0.3 is 10.2 Å². The zero-order valence-corrected chi connectivity index (χ0v) is 12.2. The molecule has 1 aromatic rings. The Kier molecular flexibility index (Phi) is 3.22. The van der Waals surface area contributed by atoms with Gasteiger partial charge in [-0.1, -0.05) is 0 Å². The fourth-order valence-electron chi connectivity index (χ4n) is 2.43. The second-order valence-corrected chi connectivity index (χ2v) is 5.82. The molecular weight excluding hydrogens is 322 g/mol. The third-order valence-corrected chi connectivity index (χ3v) is 4.18. The van der Waals surface area contributed by atoms with Crippen molar-refractivity contribution in [2.75, 3.05) is 16.8 Å². The molecule has 1 aromatic carbocycles. The van der Waals surface area contributed by atoms with Gasteiger partial charge in [0.15, 0.2) is 0 Å². The number of halogens is 1. The van der Waals surface area contributed by atoms with Crippen molar-refractivity contribution >= 4 is 39.0 Å². The summed E-state index contributed by atoms with van der Waals surface area (Å²) in [7, 11) is 0. The van der Waals surface area contributed by atoms with Gasteiger partial charge in [-0.2, -0.15) is 5.26 Å². The predicted octanol–water partition coefficient (Wildman–Crippen LogP) is 2.47. The maximum atomic E-state index is 11.7. The lowest BCUT2D eigenvalue weighted by molar-refractivity contribution is -0.112. The topological polar surface area (TPSA) is 73.2 Å². The molecule has 0 spiro atoms. The Balaban J connectivity index is 1.98. The van der Waals surface area contributed by atoms with Crippen molar-refractivity contribution in [3.63, 3.8) is 0 Å². The Morgan fingerprint density at radius 1 is 1.40 bits per heavy atom. The maximum absolute atomic E-state index is 11.7. The van der Waals surface area contributed by atoms with E-state index in [1.807, 2.05) is 6.07 Å². The first kappa shape index (κ1) is 13.1. The Hall–Kier alpha value is -1.87. The number of nitrogens with one attached hydrogen (secondary N) is 1. The van der Waals surface area contributed by atoms with E-state index in [9.17, 15) is 9.59 Å². The van der Waals surface area contributed by atoms with Crippen molar-refractivity contribution < 1.29 is 9.59 Å². The van der Waals surface area contributed by atoms with Crippen molar-refractivity contribution in [3.8, 4) is 6.07 Å². The molecule has 1 aliphatic heterocycles. The molecule has 102 valence electrons. The highest BCUT2D eigenvalue weighted by atomic mass is 79.9. The summed E-state index contributed by atoms with van der Waals surface area (Å²) in [6.45, 7) is 0.653. The molecule has 3 rings (SSSR count). The number of Topliss-reactive ketones (excluding diaryl/α,β-unsaturated/α-hetero) is 1. The second-order valence-electron chi connectivity index (χ2n) is 4.97. The van der Waals surface area contributed by atoms with Crippen molar-refractivity contribution in [3.05, 3.63) is 22.2 Å². The van der Waals surface area contributed by atoms with Gasteiger partial charge in [0.2, 0.25) is 0 Å². The average Bonchev–Trinajstić information content (AvgIpc) is 3.21. The summed E-state index contributed by atoms with van der Waals surface area (Å²) in [5.74, 6) is -1.08. The van der Waals surface area contributed by atoms with Crippen LogP contribution in [0.3, 0.4) is 0 Å². The van der Waals surface area contributed by atoms with E-state index in [1.54, 1.807) is 6.07 Å². The van der Waals surface area contributed by atoms with Crippen LogP contribution >= 0.6 is 15.9 Å². The van der Waals surface area contributed by atoms with Gasteiger partial charge in [-0.3, -0.25) is 9.59 Å². The number of hydrogen-bond donors (Lipinski definition) is 1. The second kappa shape index (κ2) is 4.91. The van der Waals surface area contributed by atoms with Gasteiger partial charge in [0.25, 0.3) is 11.7 Å². The van der Waals surface area contributed by atoms with Crippen molar-refractivity contribution in [1.82, 2.24) is 0 Å². The first-order chi connectivity index (χ1) is 9.61. The number of nitrogens with zero attached hydrogens (tertiary/aromatic N) is 2. The van der Waals surface area contributed by atoms with E-state index in [1.165, 1.54) is 0 Å². The first-order valence-corrected chi connectivity index (χ1v) is 7.24. The molecule has 1 amide bonds. The quantitative estimate of drug-likeness (QED) is 0.859. The molecule has 0 radical (unpaired) electrons. The minimum absolute atomic E-state index is 0.404. The molecule has 0 unspecified atom stereocenters. The smallest absolute Gasteiger partial charge is 0.296 e. The lowest BCUT2D eigenvalue weighted by Crippen LogP contribution is -2.27. The summed E-state index contributed by atoms with van der Waals surface area (Å²) >= 11 is 3.47. The van der Waals surface area contributed by atoms with E-state index >= 15 is 0 Å². The van der Waals surface area contributed by atoms with E-state index in [-0.39, 0.29) is 0 Å². The third kappa shape index (κ3) is 2.18. The van der Waals surface area contributed by atoms with Crippen LogP contribution in [0.4, 0.5) is 11.4 Å². The predicted molar refractivity (Wildman–Crippen MR) is 77.7 cm³/mol. The molecule has 20 heavy (non-hydrogen) atoms. The minimum atomic E-state index is -0.584. The lowest BCUT2D eigenvalue weighted by atomic mass is 10.1. The van der Waals surface area contributed by atoms with Crippen LogP contribution in [0.15, 0.2) is 16.6 Å². The van der Waals surface area contributed by atoms with Gasteiger partial charge >= 0.3 is 0 Å². The maximum Gasteiger partial charge on any atom is 0.296 e. The molecule has 0 bridgehead atoms. The van der Waals surface area contributed by atoms with Crippen LogP contribution in [0.2, 0.25) is 0 Å². The first-order valence-electron chi connectivity index (χ1n) is 6.44. The number of rotatable bonds is 4. The molecule has 5 nitrogen and oxygen atoms in total. The molecule has 1 saturated carbocycles. The van der Waals surface area contributed by atoms with Crippen LogP contribution in [0.1, 0.15) is 29.6 Å². The zero-order chi connectivity index (χ0) is 14.3. The van der Waals surface area contributed by atoms with Crippen LogP contribution in [-0.2, 0) is 4.79 Å². The zero-order valence-electron chi connectivity index (χ0n) is 10.6. The largest absolute Gasteiger partial charge is 0.367 e. The summed E-state index contributed by atoms with van der Waals surface area (Å²) in [6.07, 6.45) is 2.67. The van der Waals surface area contributed by atoms with Crippen molar-refractivity contribution in [1.29, 1.82) is 5.26 Å². The summed E-state index contributed by atoms with van der Waals surface area (Å²) in [5.41, 5.74) is 1.89. The van der Waals surface area contributed by atoms with E-state index in [4.69, 9.17) is 5.26 Å². The van der Waals surface area contributed by atoms with Gasteiger partial charge in [0, 0.05) is 17.1 Å². The van der Waals surface area contributed by atoms with Crippen LogP contribution in [0.25, 0.3) is 0 Å². The fraction of sp³-hybridized carbons (Fsp3) is 0.357. The molecule has 1 heterocycles. The standard InChI is InChI=1S/C14H12BrN3O2/c15-10-6-9-11(17-14(20)13(9)19)7-12(10)18(5-1-4-16)8-2-3-8/h6-8H,1-3,5H2,(H,17,19,20). The summed E-state index contributed by atoms with van der Waals surface area (Å²) in [5, 5.41) is 11.4. The highest BCUT2D eigenvalue weighted by Gasteiger charge is 2.33. The third-order valence-electron chi connectivity index (χ3n) is 3.55. The number of carbonyl (C=O) groups excluding carboxylic acids is 2. The van der Waals surface area contributed by atoms with E-state index in [2.05, 4.69) is 32.2 Å². The van der Waals surface area contributed by atoms with Crippen LogP contribution in [-0.4, -0.2) is 24.3 Å². The van der Waals surface area contributed by atoms with Crippen LogP contribution in [0, 0.1) is 11.3 Å². The molecule has 6 heteroatoms. The summed E-state index contributed by atoms with van der Waals surface area (Å²) in [6, 6.07) is 6.11. The molecule has 0 saturated heterocycles. The lowest BCUT2D eigenvalue weighted by Gasteiger charge is -2.25. The molecule has 0 atom stereocenters. The normalized spacial score (nSPS) is 16.6. The fourth-order valence-corrected chi connectivity index (χ4v) is 3.00. The van der Waals surface area contributed by atoms with E-state index < -0.39 is 11.7 Å². The average molecular weight is 334 g/mol. The van der Waals surface area contributed by atoms with Crippen LogP contribution < -0.4 is 10.2 Å². The number of hydrogen-bond acceptors (Lipinski definition) is 4. The molecule has 2 aliphatic rings. The van der Waals surface area contributed by atoms with Gasteiger partial charge in [-0.25, -0.2) is 0 Å². The van der Waals surface area contributed by atoms with Gasteiger partial charge in [-0.05, 0) is 40.9 Å². The Labute approximate surface area is 124 Å². The number of fused-ring (bicyclic) bond motifs is 1. The van der Waals surface area contributed by atoms with E-state index in [0.29, 0.717) is 30.3 Å². The van der Waals surface area contributed by atoms with Crippen LogP contribution in [0.5, 0.6) is 0 Å². The molecular formula is C14H12BrN3O2. The number of amides is 1. The number of anilines is 2. The summed E-state index contributed by atoms with van der Waals surface area (Å²) in [4.78, 5) is 25.2.